The molecule has 0 saturated carbocycles. The highest BCUT2D eigenvalue weighted by atomic mass is 16.6. The Morgan fingerprint density at radius 2 is 1.24 bits per heavy atom. The highest BCUT2D eigenvalue weighted by Gasteiger charge is 2.23. The molecule has 0 radical (unpaired) electrons. The number of non-ortho nitro benzene ring substituents is 2. The number of benzene rings is 2. The zero-order chi connectivity index (χ0) is 20.6. The van der Waals surface area contributed by atoms with Crippen molar-refractivity contribution >= 4 is 11.4 Å². The average Bonchev–Trinajstić information content (AvgIpc) is 2.75. The van der Waals surface area contributed by atoms with E-state index in [1.165, 1.54) is 24.3 Å². The SMILES string of the molecule is O=[N+]([O-])c1ccc(OCC(COc2ccc([N+](=O)[O-])cc2)N2CCOCC2)cc1. The highest BCUT2D eigenvalue weighted by molar-refractivity contribution is 5.36. The molecule has 1 aliphatic heterocycles. The van der Waals surface area contributed by atoms with Gasteiger partial charge < -0.3 is 14.2 Å². The second kappa shape index (κ2) is 9.80. The van der Waals surface area contributed by atoms with Crippen molar-refractivity contribution in [3.05, 3.63) is 68.8 Å². The van der Waals surface area contributed by atoms with E-state index in [2.05, 4.69) is 4.90 Å². The maximum absolute atomic E-state index is 10.8. The minimum atomic E-state index is -0.460. The number of hydrogen-bond acceptors (Lipinski definition) is 8. The van der Waals surface area contributed by atoms with Crippen molar-refractivity contribution < 1.29 is 24.1 Å². The van der Waals surface area contributed by atoms with Crippen LogP contribution < -0.4 is 9.47 Å². The predicted octanol–water partition coefficient (Wildman–Crippen LogP) is 2.66. The Morgan fingerprint density at radius 1 is 0.828 bits per heavy atom. The number of ether oxygens (including phenoxy) is 3. The first-order valence-corrected chi connectivity index (χ1v) is 9.09. The van der Waals surface area contributed by atoms with Gasteiger partial charge in [0.15, 0.2) is 0 Å². The van der Waals surface area contributed by atoms with Gasteiger partial charge in [-0.3, -0.25) is 25.1 Å². The summed E-state index contributed by atoms with van der Waals surface area (Å²) < 4.78 is 17.0. The molecule has 29 heavy (non-hydrogen) atoms. The van der Waals surface area contributed by atoms with Crippen molar-refractivity contribution in [1.82, 2.24) is 4.90 Å². The summed E-state index contributed by atoms with van der Waals surface area (Å²) in [7, 11) is 0. The Morgan fingerprint density at radius 3 is 1.62 bits per heavy atom. The summed E-state index contributed by atoms with van der Waals surface area (Å²) in [5.74, 6) is 1.06. The van der Waals surface area contributed by atoms with Crippen LogP contribution in [-0.2, 0) is 4.74 Å². The number of nitrogens with zero attached hydrogens (tertiary/aromatic N) is 3. The molecule has 2 aromatic rings. The standard InChI is InChI=1S/C19H21N3O7/c23-21(24)15-1-5-18(6-2-15)28-13-17(20-9-11-27-12-10-20)14-29-19-7-3-16(4-8-19)22(25)26/h1-8,17H,9-14H2. The Balaban J connectivity index is 1.61. The van der Waals surface area contributed by atoms with Gasteiger partial charge in [0.1, 0.15) is 24.7 Å². The van der Waals surface area contributed by atoms with Crippen LogP contribution in [0.25, 0.3) is 0 Å². The zero-order valence-corrected chi connectivity index (χ0v) is 15.6. The lowest BCUT2D eigenvalue weighted by molar-refractivity contribution is -0.385. The van der Waals surface area contributed by atoms with Gasteiger partial charge in [0, 0.05) is 37.4 Å². The van der Waals surface area contributed by atoms with Gasteiger partial charge in [0.25, 0.3) is 11.4 Å². The lowest BCUT2D eigenvalue weighted by atomic mass is 10.2. The van der Waals surface area contributed by atoms with E-state index in [-0.39, 0.29) is 17.4 Å². The number of hydrogen-bond donors (Lipinski definition) is 0. The third kappa shape index (κ3) is 5.87. The van der Waals surface area contributed by atoms with Crippen LogP contribution in [0, 0.1) is 20.2 Å². The molecule has 0 bridgehead atoms. The Labute approximate surface area is 166 Å². The van der Waals surface area contributed by atoms with Crippen molar-refractivity contribution in [3.8, 4) is 11.5 Å². The van der Waals surface area contributed by atoms with Crippen molar-refractivity contribution in [2.75, 3.05) is 39.5 Å². The summed E-state index contributed by atoms with van der Waals surface area (Å²) in [6.07, 6.45) is 0. The molecule has 154 valence electrons. The van der Waals surface area contributed by atoms with E-state index in [0.717, 1.165) is 13.1 Å². The summed E-state index contributed by atoms with van der Waals surface area (Å²) in [5, 5.41) is 21.5. The van der Waals surface area contributed by atoms with Gasteiger partial charge in [0.05, 0.1) is 29.1 Å². The molecule has 10 heteroatoms. The molecule has 0 unspecified atom stereocenters. The minimum absolute atomic E-state index is 0.00332. The summed E-state index contributed by atoms with van der Waals surface area (Å²) in [6, 6.07) is 11.7. The fraction of sp³-hybridized carbons (Fsp3) is 0.368. The average molecular weight is 403 g/mol. The van der Waals surface area contributed by atoms with Crippen LogP contribution in [-0.4, -0.2) is 60.3 Å². The van der Waals surface area contributed by atoms with E-state index >= 15 is 0 Å². The van der Waals surface area contributed by atoms with Crippen LogP contribution >= 0.6 is 0 Å². The zero-order valence-electron chi connectivity index (χ0n) is 15.6. The van der Waals surface area contributed by atoms with Gasteiger partial charge in [-0.2, -0.15) is 0 Å². The molecule has 1 fully saturated rings. The summed E-state index contributed by atoms with van der Waals surface area (Å²) in [4.78, 5) is 22.8. The monoisotopic (exact) mass is 403 g/mol. The lowest BCUT2D eigenvalue weighted by Gasteiger charge is -2.34. The summed E-state index contributed by atoms with van der Waals surface area (Å²) >= 11 is 0. The molecule has 0 atom stereocenters. The van der Waals surface area contributed by atoms with E-state index in [1.807, 2.05) is 0 Å². The van der Waals surface area contributed by atoms with E-state index in [9.17, 15) is 20.2 Å². The molecule has 2 aromatic carbocycles. The Kier molecular flexibility index (Phi) is 6.93. The van der Waals surface area contributed by atoms with Gasteiger partial charge in [-0.05, 0) is 24.3 Å². The second-order valence-corrected chi connectivity index (χ2v) is 6.43. The van der Waals surface area contributed by atoms with E-state index in [0.29, 0.717) is 37.9 Å². The van der Waals surface area contributed by atoms with Crippen LogP contribution in [0.15, 0.2) is 48.5 Å². The first kappa shape index (κ1) is 20.5. The summed E-state index contributed by atoms with van der Waals surface area (Å²) in [6.45, 7) is 3.35. The Bertz CT molecular complexity index is 759. The molecular formula is C19H21N3O7. The second-order valence-electron chi connectivity index (χ2n) is 6.43. The van der Waals surface area contributed by atoms with Crippen LogP contribution in [0.3, 0.4) is 0 Å². The molecule has 0 aliphatic carbocycles. The number of nitro benzene ring substituents is 2. The highest BCUT2D eigenvalue weighted by Crippen LogP contribution is 2.20. The van der Waals surface area contributed by atoms with Crippen molar-refractivity contribution in [2.24, 2.45) is 0 Å². The molecular weight excluding hydrogens is 382 g/mol. The molecule has 0 spiro atoms. The van der Waals surface area contributed by atoms with Crippen LogP contribution in [0.5, 0.6) is 11.5 Å². The molecule has 1 saturated heterocycles. The van der Waals surface area contributed by atoms with Crippen molar-refractivity contribution in [2.45, 2.75) is 6.04 Å². The lowest BCUT2D eigenvalue weighted by Crippen LogP contribution is -2.49. The predicted molar refractivity (Wildman–Crippen MR) is 103 cm³/mol. The van der Waals surface area contributed by atoms with Crippen LogP contribution in [0.1, 0.15) is 0 Å². The molecule has 10 nitrogen and oxygen atoms in total. The first-order chi connectivity index (χ1) is 14.0. The minimum Gasteiger partial charge on any atom is -0.492 e. The smallest absolute Gasteiger partial charge is 0.269 e. The molecule has 0 N–H and O–H groups in total. The van der Waals surface area contributed by atoms with E-state index in [1.54, 1.807) is 24.3 Å². The molecule has 1 aliphatic rings. The molecule has 0 amide bonds. The van der Waals surface area contributed by atoms with Gasteiger partial charge >= 0.3 is 0 Å². The topological polar surface area (TPSA) is 117 Å². The largest absolute Gasteiger partial charge is 0.492 e. The fourth-order valence-electron chi connectivity index (χ4n) is 2.91. The van der Waals surface area contributed by atoms with Crippen molar-refractivity contribution in [1.29, 1.82) is 0 Å². The van der Waals surface area contributed by atoms with Gasteiger partial charge in [0.2, 0.25) is 0 Å². The molecule has 0 aromatic heterocycles. The quantitative estimate of drug-likeness (QED) is 0.463. The van der Waals surface area contributed by atoms with Crippen LogP contribution in [0.4, 0.5) is 11.4 Å². The van der Waals surface area contributed by atoms with Crippen LogP contribution in [0.2, 0.25) is 0 Å². The maximum atomic E-state index is 10.8. The third-order valence-electron chi connectivity index (χ3n) is 4.54. The van der Waals surface area contributed by atoms with Gasteiger partial charge in [-0.25, -0.2) is 0 Å². The number of nitro groups is 2. The molecule has 1 heterocycles. The normalized spacial score (nSPS) is 14.5. The van der Waals surface area contributed by atoms with Gasteiger partial charge in [-0.15, -0.1) is 0 Å². The third-order valence-corrected chi connectivity index (χ3v) is 4.54. The van der Waals surface area contributed by atoms with Gasteiger partial charge in [-0.1, -0.05) is 0 Å². The van der Waals surface area contributed by atoms with Crippen molar-refractivity contribution in [3.63, 3.8) is 0 Å². The summed E-state index contributed by atoms with van der Waals surface area (Å²) in [5.41, 5.74) is 0.00664. The fourth-order valence-corrected chi connectivity index (χ4v) is 2.91. The number of morpholine rings is 1. The maximum Gasteiger partial charge on any atom is 0.269 e. The molecule has 3 rings (SSSR count). The van der Waals surface area contributed by atoms with E-state index in [4.69, 9.17) is 14.2 Å². The number of rotatable bonds is 9. The first-order valence-electron chi connectivity index (χ1n) is 9.09. The van der Waals surface area contributed by atoms with E-state index < -0.39 is 9.85 Å². The Hall–Kier alpha value is -3.24.